The molecular formula is C17H18O3. The Labute approximate surface area is 119 Å². The maximum Gasteiger partial charge on any atom is 0.338 e. The van der Waals surface area contributed by atoms with E-state index in [0.717, 1.165) is 17.7 Å². The first kappa shape index (κ1) is 14.1. The summed E-state index contributed by atoms with van der Waals surface area (Å²) >= 11 is 0. The van der Waals surface area contributed by atoms with Crippen molar-refractivity contribution in [3.8, 4) is 5.75 Å². The Morgan fingerprint density at radius 1 is 1.00 bits per heavy atom. The minimum Gasteiger partial charge on any atom is -0.494 e. The molecule has 2 aromatic carbocycles. The maximum absolute atomic E-state index is 11.8. The lowest BCUT2D eigenvalue weighted by Crippen LogP contribution is -2.08. The Morgan fingerprint density at radius 2 is 1.70 bits per heavy atom. The van der Waals surface area contributed by atoms with Gasteiger partial charge in [0.15, 0.2) is 0 Å². The highest BCUT2D eigenvalue weighted by Crippen LogP contribution is 2.13. The van der Waals surface area contributed by atoms with Crippen molar-refractivity contribution in [2.75, 3.05) is 13.2 Å². The third-order valence-corrected chi connectivity index (χ3v) is 2.87. The van der Waals surface area contributed by atoms with Gasteiger partial charge in [-0.05, 0) is 36.8 Å². The summed E-state index contributed by atoms with van der Waals surface area (Å²) in [5.74, 6) is 0.456. The second-order valence-electron chi connectivity index (χ2n) is 4.33. The molecule has 0 unspecified atom stereocenters. The van der Waals surface area contributed by atoms with E-state index in [9.17, 15) is 4.79 Å². The SMILES string of the molecule is CCOc1ccc(C(=O)OCCc2ccccc2)cc1. The van der Waals surface area contributed by atoms with Crippen LogP contribution in [0.1, 0.15) is 22.8 Å². The Kier molecular flexibility index (Phi) is 5.18. The molecule has 2 rings (SSSR count). The second-order valence-corrected chi connectivity index (χ2v) is 4.33. The van der Waals surface area contributed by atoms with E-state index in [1.54, 1.807) is 24.3 Å². The van der Waals surface area contributed by atoms with Gasteiger partial charge in [0.05, 0.1) is 18.8 Å². The maximum atomic E-state index is 11.8. The Morgan fingerprint density at radius 3 is 2.35 bits per heavy atom. The van der Waals surface area contributed by atoms with Crippen LogP contribution in [0.3, 0.4) is 0 Å². The van der Waals surface area contributed by atoms with Crippen LogP contribution < -0.4 is 4.74 Å². The molecule has 0 bridgehead atoms. The normalized spacial score (nSPS) is 10.1. The van der Waals surface area contributed by atoms with Crippen LogP contribution in [0.15, 0.2) is 54.6 Å². The van der Waals surface area contributed by atoms with E-state index in [4.69, 9.17) is 9.47 Å². The lowest BCUT2D eigenvalue weighted by molar-refractivity contribution is 0.0509. The molecule has 104 valence electrons. The third kappa shape index (κ3) is 4.12. The standard InChI is InChI=1S/C17H18O3/c1-2-19-16-10-8-15(9-11-16)17(18)20-13-12-14-6-4-3-5-7-14/h3-11H,2,12-13H2,1H3. The summed E-state index contributed by atoms with van der Waals surface area (Å²) in [4.78, 5) is 11.8. The van der Waals surface area contributed by atoms with Crippen LogP contribution in [0.4, 0.5) is 0 Å². The fourth-order valence-electron chi connectivity index (χ4n) is 1.84. The van der Waals surface area contributed by atoms with Gasteiger partial charge in [-0.3, -0.25) is 0 Å². The summed E-state index contributed by atoms with van der Waals surface area (Å²) in [7, 11) is 0. The van der Waals surface area contributed by atoms with E-state index >= 15 is 0 Å². The molecule has 0 aliphatic heterocycles. The van der Waals surface area contributed by atoms with Crippen LogP contribution in [0.2, 0.25) is 0 Å². The zero-order valence-electron chi connectivity index (χ0n) is 11.5. The molecule has 0 radical (unpaired) electrons. The number of ether oxygens (including phenoxy) is 2. The molecule has 0 amide bonds. The molecule has 0 saturated heterocycles. The molecule has 0 aliphatic carbocycles. The van der Waals surface area contributed by atoms with Crippen LogP contribution >= 0.6 is 0 Å². The van der Waals surface area contributed by atoms with Crippen LogP contribution in [-0.4, -0.2) is 19.2 Å². The van der Waals surface area contributed by atoms with Crippen LogP contribution in [0.5, 0.6) is 5.75 Å². The van der Waals surface area contributed by atoms with Crippen molar-refractivity contribution >= 4 is 5.97 Å². The van der Waals surface area contributed by atoms with Crippen LogP contribution in [0.25, 0.3) is 0 Å². The topological polar surface area (TPSA) is 35.5 Å². The van der Waals surface area contributed by atoms with E-state index < -0.39 is 0 Å². The first-order valence-corrected chi connectivity index (χ1v) is 6.73. The van der Waals surface area contributed by atoms with Gasteiger partial charge in [0.25, 0.3) is 0 Å². The van der Waals surface area contributed by atoms with Crippen LogP contribution in [-0.2, 0) is 11.2 Å². The van der Waals surface area contributed by atoms with Gasteiger partial charge in [0.2, 0.25) is 0 Å². The summed E-state index contributed by atoms with van der Waals surface area (Å²) in [6.07, 6.45) is 0.726. The van der Waals surface area contributed by atoms with E-state index in [2.05, 4.69) is 0 Å². The van der Waals surface area contributed by atoms with Gasteiger partial charge in [-0.2, -0.15) is 0 Å². The number of benzene rings is 2. The summed E-state index contributed by atoms with van der Waals surface area (Å²) in [5.41, 5.74) is 1.70. The number of hydrogen-bond donors (Lipinski definition) is 0. The van der Waals surface area contributed by atoms with E-state index in [-0.39, 0.29) is 5.97 Å². The number of hydrogen-bond acceptors (Lipinski definition) is 3. The van der Waals surface area contributed by atoms with Gasteiger partial charge in [-0.15, -0.1) is 0 Å². The molecule has 3 nitrogen and oxygen atoms in total. The molecule has 0 spiro atoms. The zero-order chi connectivity index (χ0) is 14.2. The summed E-state index contributed by atoms with van der Waals surface area (Å²) in [5, 5.41) is 0. The average Bonchev–Trinajstić information content (AvgIpc) is 2.49. The van der Waals surface area contributed by atoms with E-state index in [1.165, 1.54) is 0 Å². The quantitative estimate of drug-likeness (QED) is 0.754. The predicted octanol–water partition coefficient (Wildman–Crippen LogP) is 3.48. The minimum atomic E-state index is -0.302. The summed E-state index contributed by atoms with van der Waals surface area (Å²) < 4.78 is 10.6. The fourth-order valence-corrected chi connectivity index (χ4v) is 1.84. The van der Waals surface area contributed by atoms with Gasteiger partial charge in [0, 0.05) is 6.42 Å². The highest BCUT2D eigenvalue weighted by atomic mass is 16.5. The van der Waals surface area contributed by atoms with E-state index in [0.29, 0.717) is 18.8 Å². The highest BCUT2D eigenvalue weighted by molar-refractivity contribution is 5.89. The molecule has 2 aromatic rings. The molecule has 3 heteroatoms. The molecular weight excluding hydrogens is 252 g/mol. The Hall–Kier alpha value is -2.29. The lowest BCUT2D eigenvalue weighted by atomic mass is 10.2. The van der Waals surface area contributed by atoms with Crippen molar-refractivity contribution in [2.45, 2.75) is 13.3 Å². The van der Waals surface area contributed by atoms with Crippen LogP contribution in [0, 0.1) is 0 Å². The van der Waals surface area contributed by atoms with Gasteiger partial charge >= 0.3 is 5.97 Å². The minimum absolute atomic E-state index is 0.302. The second kappa shape index (κ2) is 7.34. The van der Waals surface area contributed by atoms with Gasteiger partial charge in [-0.25, -0.2) is 4.79 Å². The first-order chi connectivity index (χ1) is 9.79. The molecule has 20 heavy (non-hydrogen) atoms. The number of carbonyl (C=O) groups excluding carboxylic acids is 1. The molecule has 0 heterocycles. The molecule has 0 aromatic heterocycles. The van der Waals surface area contributed by atoms with Crippen molar-refractivity contribution in [1.29, 1.82) is 0 Å². The molecule has 0 saturated carbocycles. The van der Waals surface area contributed by atoms with Crippen molar-refractivity contribution in [3.05, 3.63) is 65.7 Å². The smallest absolute Gasteiger partial charge is 0.338 e. The van der Waals surface area contributed by atoms with Gasteiger partial charge in [-0.1, -0.05) is 30.3 Å². The molecule has 0 atom stereocenters. The lowest BCUT2D eigenvalue weighted by Gasteiger charge is -2.06. The third-order valence-electron chi connectivity index (χ3n) is 2.87. The zero-order valence-corrected chi connectivity index (χ0v) is 11.5. The van der Waals surface area contributed by atoms with Gasteiger partial charge in [0.1, 0.15) is 5.75 Å². The summed E-state index contributed by atoms with van der Waals surface area (Å²) in [6.45, 7) is 2.92. The molecule has 0 fully saturated rings. The van der Waals surface area contributed by atoms with Crippen molar-refractivity contribution < 1.29 is 14.3 Å². The van der Waals surface area contributed by atoms with Gasteiger partial charge < -0.3 is 9.47 Å². The number of esters is 1. The number of carbonyl (C=O) groups is 1. The molecule has 0 N–H and O–H groups in total. The monoisotopic (exact) mass is 270 g/mol. The predicted molar refractivity (Wildman–Crippen MR) is 78.0 cm³/mol. The number of rotatable bonds is 6. The molecule has 0 aliphatic rings. The average molecular weight is 270 g/mol. The Balaban J connectivity index is 1.82. The Bertz CT molecular complexity index is 532. The summed E-state index contributed by atoms with van der Waals surface area (Å²) in [6, 6.07) is 16.9. The highest BCUT2D eigenvalue weighted by Gasteiger charge is 2.07. The fraction of sp³-hybridized carbons (Fsp3) is 0.235. The first-order valence-electron chi connectivity index (χ1n) is 6.73. The van der Waals surface area contributed by atoms with Crippen molar-refractivity contribution in [1.82, 2.24) is 0 Å². The van der Waals surface area contributed by atoms with Crippen molar-refractivity contribution in [3.63, 3.8) is 0 Å². The van der Waals surface area contributed by atoms with Crippen molar-refractivity contribution in [2.24, 2.45) is 0 Å². The largest absolute Gasteiger partial charge is 0.494 e. The van der Waals surface area contributed by atoms with E-state index in [1.807, 2.05) is 37.3 Å².